The van der Waals surface area contributed by atoms with Gasteiger partial charge in [-0.25, -0.2) is 4.79 Å². The van der Waals surface area contributed by atoms with E-state index < -0.39 is 17.7 Å². The largest absolute Gasteiger partial charge is 0.463 e. The summed E-state index contributed by atoms with van der Waals surface area (Å²) in [5.74, 6) is -0.0414. The van der Waals surface area contributed by atoms with Crippen molar-refractivity contribution in [1.29, 1.82) is 0 Å². The molecule has 2 rings (SSSR count). The minimum Gasteiger partial charge on any atom is -0.463 e. The van der Waals surface area contributed by atoms with Gasteiger partial charge in [-0.05, 0) is 38.8 Å². The van der Waals surface area contributed by atoms with E-state index in [0.29, 0.717) is 23.1 Å². The lowest BCUT2D eigenvalue weighted by Crippen LogP contribution is -2.03. The lowest BCUT2D eigenvalue weighted by Gasteiger charge is -2.05. The highest BCUT2D eigenvalue weighted by Gasteiger charge is 2.31. The van der Waals surface area contributed by atoms with Gasteiger partial charge in [0.25, 0.3) is 0 Å². The maximum Gasteiger partial charge on any atom is 0.416 e. The van der Waals surface area contributed by atoms with Crippen LogP contribution >= 0.6 is 0 Å². The zero-order valence-electron chi connectivity index (χ0n) is 14.5. The summed E-state index contributed by atoms with van der Waals surface area (Å²) in [6.07, 6.45) is -0.731. The molecular weight excluding hydrogens is 333 g/mol. The molecule has 0 spiro atoms. The van der Waals surface area contributed by atoms with E-state index >= 15 is 0 Å². The maximum atomic E-state index is 12.9. The number of unbranched alkanes of at least 4 members (excludes halogenated alkanes) is 1. The molecule has 1 heterocycles. The number of hydrogen-bond donors (Lipinski definition) is 0. The molecular formula is C19H21F3O3. The molecule has 0 N–H and O–H groups in total. The van der Waals surface area contributed by atoms with Gasteiger partial charge in [-0.3, -0.25) is 0 Å². The molecule has 0 aliphatic heterocycles. The minimum atomic E-state index is -4.43. The molecule has 0 saturated carbocycles. The van der Waals surface area contributed by atoms with Crippen molar-refractivity contribution in [3.8, 4) is 0 Å². The first-order valence-corrected chi connectivity index (χ1v) is 8.26. The number of fused-ring (bicyclic) bond motifs is 1. The van der Waals surface area contributed by atoms with Gasteiger partial charge in [-0.1, -0.05) is 19.4 Å². The summed E-state index contributed by atoms with van der Waals surface area (Å²) < 4.78 is 49.3. The van der Waals surface area contributed by atoms with E-state index in [4.69, 9.17) is 9.15 Å². The standard InChI is InChI=1S/C19H21F3O3/c1-4-6-7-13(10-17(23)24-5-2)18-12(3)15-9-8-14(19(20,21)22)11-16(15)25-18/h8-11H,4-7H2,1-3H3/b13-10-. The van der Waals surface area contributed by atoms with Crippen LogP contribution in [0.5, 0.6) is 0 Å². The van der Waals surface area contributed by atoms with Crippen LogP contribution in [0.4, 0.5) is 13.2 Å². The topological polar surface area (TPSA) is 39.4 Å². The lowest BCUT2D eigenvalue weighted by molar-refractivity contribution is -0.138. The molecule has 3 nitrogen and oxygen atoms in total. The number of carbonyl (C=O) groups is 1. The third kappa shape index (κ3) is 4.44. The van der Waals surface area contributed by atoms with Crippen LogP contribution in [0.3, 0.4) is 0 Å². The summed E-state index contributed by atoms with van der Waals surface area (Å²) in [6.45, 7) is 5.76. The normalized spacial score (nSPS) is 12.6. The van der Waals surface area contributed by atoms with Crippen molar-refractivity contribution >= 4 is 22.5 Å². The number of rotatable bonds is 6. The predicted molar refractivity (Wildman–Crippen MR) is 90.1 cm³/mol. The van der Waals surface area contributed by atoms with Crippen molar-refractivity contribution in [3.63, 3.8) is 0 Å². The molecule has 0 aliphatic rings. The van der Waals surface area contributed by atoms with Gasteiger partial charge >= 0.3 is 12.1 Å². The van der Waals surface area contributed by atoms with Crippen LogP contribution in [0.15, 0.2) is 28.7 Å². The second kappa shape index (κ2) is 7.76. The number of carbonyl (C=O) groups excluding carboxylic acids is 1. The smallest absolute Gasteiger partial charge is 0.416 e. The average molecular weight is 354 g/mol. The Bertz CT molecular complexity index is 785. The molecule has 0 radical (unpaired) electrons. The minimum absolute atomic E-state index is 0.161. The molecule has 0 amide bonds. The number of halogens is 3. The third-order valence-corrected chi connectivity index (χ3v) is 3.94. The molecule has 0 fully saturated rings. The van der Waals surface area contributed by atoms with Gasteiger partial charge in [-0.15, -0.1) is 0 Å². The number of benzene rings is 1. The van der Waals surface area contributed by atoms with Crippen LogP contribution in [0.1, 0.15) is 50.0 Å². The van der Waals surface area contributed by atoms with Crippen LogP contribution in [-0.2, 0) is 15.7 Å². The molecule has 0 atom stereocenters. The van der Waals surface area contributed by atoms with Gasteiger partial charge < -0.3 is 9.15 Å². The highest BCUT2D eigenvalue weighted by Crippen LogP contribution is 2.36. The van der Waals surface area contributed by atoms with Gasteiger partial charge in [-0.2, -0.15) is 13.2 Å². The predicted octanol–water partition coefficient (Wildman–Crippen LogP) is 5.90. The second-order valence-corrected chi connectivity index (χ2v) is 5.79. The number of ether oxygens (including phenoxy) is 1. The molecule has 0 unspecified atom stereocenters. The van der Waals surface area contributed by atoms with E-state index in [2.05, 4.69) is 0 Å². The molecule has 1 aromatic heterocycles. The SMILES string of the molecule is CCCC/C(=C/C(=O)OCC)c1oc2cc(C(F)(F)F)ccc2c1C. The maximum absolute atomic E-state index is 12.9. The van der Waals surface area contributed by atoms with Crippen molar-refractivity contribution in [1.82, 2.24) is 0 Å². The van der Waals surface area contributed by atoms with E-state index in [-0.39, 0.29) is 12.2 Å². The number of allylic oxidation sites excluding steroid dienone is 1. The van der Waals surface area contributed by atoms with E-state index in [9.17, 15) is 18.0 Å². The van der Waals surface area contributed by atoms with Crippen molar-refractivity contribution in [2.45, 2.75) is 46.2 Å². The van der Waals surface area contributed by atoms with Gasteiger partial charge in [0.2, 0.25) is 0 Å². The molecule has 1 aromatic carbocycles. The fraction of sp³-hybridized carbons (Fsp3) is 0.421. The first-order valence-electron chi connectivity index (χ1n) is 8.26. The molecule has 0 aliphatic carbocycles. The Morgan fingerprint density at radius 1 is 1.28 bits per heavy atom. The van der Waals surface area contributed by atoms with Crippen molar-refractivity contribution in [2.75, 3.05) is 6.61 Å². The summed E-state index contributed by atoms with van der Waals surface area (Å²) >= 11 is 0. The lowest BCUT2D eigenvalue weighted by atomic mass is 10.0. The first-order chi connectivity index (χ1) is 11.8. The quantitative estimate of drug-likeness (QED) is 0.479. The highest BCUT2D eigenvalue weighted by molar-refractivity contribution is 5.94. The Balaban J connectivity index is 2.51. The summed E-state index contributed by atoms with van der Waals surface area (Å²) in [7, 11) is 0. The zero-order chi connectivity index (χ0) is 18.6. The number of esters is 1. The highest BCUT2D eigenvalue weighted by atomic mass is 19.4. The molecule has 25 heavy (non-hydrogen) atoms. The van der Waals surface area contributed by atoms with Gasteiger partial charge in [0.1, 0.15) is 11.3 Å². The average Bonchev–Trinajstić information content (AvgIpc) is 2.87. The Morgan fingerprint density at radius 3 is 2.60 bits per heavy atom. The Kier molecular flexibility index (Phi) is 5.93. The van der Waals surface area contributed by atoms with Crippen molar-refractivity contribution in [3.05, 3.63) is 41.2 Å². The summed E-state index contributed by atoms with van der Waals surface area (Å²) in [4.78, 5) is 11.8. The Labute approximate surface area is 144 Å². The number of alkyl halides is 3. The fourth-order valence-electron chi connectivity index (χ4n) is 2.65. The number of furan rings is 1. The summed E-state index contributed by atoms with van der Waals surface area (Å²) in [5.41, 5.74) is 0.760. The monoisotopic (exact) mass is 354 g/mol. The van der Waals surface area contributed by atoms with E-state index in [1.54, 1.807) is 13.8 Å². The van der Waals surface area contributed by atoms with E-state index in [0.717, 1.165) is 30.5 Å². The molecule has 136 valence electrons. The molecule has 2 aromatic rings. The van der Waals surface area contributed by atoms with E-state index in [1.807, 2.05) is 6.92 Å². The molecule has 0 saturated heterocycles. The first kappa shape index (κ1) is 19.1. The van der Waals surface area contributed by atoms with Crippen LogP contribution in [0.2, 0.25) is 0 Å². The van der Waals surface area contributed by atoms with Crippen LogP contribution in [-0.4, -0.2) is 12.6 Å². The van der Waals surface area contributed by atoms with Gasteiger partial charge in [0.05, 0.1) is 12.2 Å². The number of aryl methyl sites for hydroxylation is 1. The van der Waals surface area contributed by atoms with E-state index in [1.165, 1.54) is 12.1 Å². The third-order valence-electron chi connectivity index (χ3n) is 3.94. The Morgan fingerprint density at radius 2 is 2.00 bits per heavy atom. The molecule has 6 heteroatoms. The van der Waals surface area contributed by atoms with Crippen LogP contribution in [0.25, 0.3) is 16.5 Å². The van der Waals surface area contributed by atoms with Crippen molar-refractivity contribution in [2.24, 2.45) is 0 Å². The van der Waals surface area contributed by atoms with Crippen LogP contribution < -0.4 is 0 Å². The summed E-state index contributed by atoms with van der Waals surface area (Å²) in [6, 6.07) is 3.44. The van der Waals surface area contributed by atoms with Crippen LogP contribution in [0, 0.1) is 6.92 Å². The van der Waals surface area contributed by atoms with Gasteiger partial charge in [0, 0.05) is 22.6 Å². The fourth-order valence-corrected chi connectivity index (χ4v) is 2.65. The summed E-state index contributed by atoms with van der Waals surface area (Å²) in [5, 5.41) is 0.606. The van der Waals surface area contributed by atoms with Crippen molar-refractivity contribution < 1.29 is 27.1 Å². The zero-order valence-corrected chi connectivity index (χ0v) is 14.5. The number of hydrogen-bond acceptors (Lipinski definition) is 3. The van der Waals surface area contributed by atoms with Gasteiger partial charge in [0.15, 0.2) is 0 Å². The second-order valence-electron chi connectivity index (χ2n) is 5.79. The molecule has 0 bridgehead atoms. The Hall–Kier alpha value is -2.24.